The van der Waals surface area contributed by atoms with Gasteiger partial charge in [0.15, 0.2) is 0 Å². The zero-order chi connectivity index (χ0) is 21.8. The van der Waals surface area contributed by atoms with Crippen LogP contribution in [0.1, 0.15) is 19.5 Å². The maximum Gasteiger partial charge on any atom is 0.268 e. The Labute approximate surface area is 187 Å². The first-order chi connectivity index (χ1) is 15.0. The summed E-state index contributed by atoms with van der Waals surface area (Å²) in [6, 6.07) is 26.2. The van der Waals surface area contributed by atoms with Crippen molar-refractivity contribution in [3.8, 4) is 0 Å². The second-order valence-electron chi connectivity index (χ2n) is 7.70. The van der Waals surface area contributed by atoms with Crippen LogP contribution in [0.3, 0.4) is 0 Å². The molecule has 0 unspecified atom stereocenters. The molecule has 0 fully saturated rings. The van der Waals surface area contributed by atoms with Gasteiger partial charge in [-0.15, -0.1) is 0 Å². The monoisotopic (exact) mass is 451 g/mol. The topological polar surface area (TPSA) is 48.3 Å². The molecule has 0 bridgehead atoms. The van der Waals surface area contributed by atoms with Crippen molar-refractivity contribution >= 4 is 32.7 Å². The van der Waals surface area contributed by atoms with Crippen molar-refractivity contribution in [3.05, 3.63) is 90.6 Å². The zero-order valence-electron chi connectivity index (χ0n) is 17.6. The van der Waals surface area contributed by atoms with Crippen LogP contribution in [0.4, 0.5) is 0 Å². The number of nitrogens with zero attached hydrogens (tertiary/aromatic N) is 1. The zero-order valence-corrected chi connectivity index (χ0v) is 19.2. The van der Waals surface area contributed by atoms with E-state index in [-0.39, 0.29) is 11.5 Å². The molecule has 0 spiro atoms. The molecule has 4 nitrogen and oxygen atoms in total. The van der Waals surface area contributed by atoms with Gasteiger partial charge in [0, 0.05) is 21.8 Å². The van der Waals surface area contributed by atoms with Crippen molar-refractivity contribution in [2.75, 3.05) is 6.61 Å². The Bertz CT molecular complexity index is 1260. The fourth-order valence-electron chi connectivity index (χ4n) is 3.44. The number of para-hydroxylation sites is 1. The van der Waals surface area contributed by atoms with Gasteiger partial charge in [0.05, 0.1) is 22.7 Å². The van der Waals surface area contributed by atoms with Crippen LogP contribution in [-0.2, 0) is 21.4 Å². The van der Waals surface area contributed by atoms with Crippen molar-refractivity contribution in [2.45, 2.75) is 35.1 Å². The Balaban J connectivity index is 1.93. The van der Waals surface area contributed by atoms with Crippen molar-refractivity contribution < 1.29 is 13.2 Å². The van der Waals surface area contributed by atoms with Gasteiger partial charge in [-0.3, -0.25) is 0 Å². The van der Waals surface area contributed by atoms with Gasteiger partial charge in [0.1, 0.15) is 0 Å². The molecule has 160 valence electrons. The molecule has 1 heterocycles. The quantitative estimate of drug-likeness (QED) is 0.320. The van der Waals surface area contributed by atoms with Crippen LogP contribution in [0.5, 0.6) is 0 Å². The summed E-state index contributed by atoms with van der Waals surface area (Å²) in [5.74, 6) is 0.355. The number of hydrogen-bond donors (Lipinski definition) is 0. The first-order valence-corrected chi connectivity index (χ1v) is 12.5. The van der Waals surface area contributed by atoms with Crippen LogP contribution in [-0.4, -0.2) is 19.0 Å². The maximum absolute atomic E-state index is 13.7. The highest BCUT2D eigenvalue weighted by Crippen LogP contribution is 2.40. The van der Waals surface area contributed by atoms with Crippen LogP contribution in [0.2, 0.25) is 0 Å². The third kappa shape index (κ3) is 4.56. The number of benzene rings is 3. The Hall–Kier alpha value is -2.54. The highest BCUT2D eigenvalue weighted by molar-refractivity contribution is 7.99. The average molecular weight is 452 g/mol. The molecule has 0 saturated carbocycles. The summed E-state index contributed by atoms with van der Waals surface area (Å²) in [6.07, 6.45) is 0. The smallest absolute Gasteiger partial charge is 0.268 e. The van der Waals surface area contributed by atoms with E-state index in [2.05, 4.69) is 13.8 Å². The van der Waals surface area contributed by atoms with Crippen LogP contribution in [0.25, 0.3) is 10.9 Å². The first kappa shape index (κ1) is 21.7. The van der Waals surface area contributed by atoms with Crippen LogP contribution in [0, 0.1) is 5.92 Å². The average Bonchev–Trinajstić information content (AvgIpc) is 3.09. The van der Waals surface area contributed by atoms with E-state index in [4.69, 9.17) is 4.74 Å². The standard InChI is InChI=1S/C25H25NO3S2/c1-19(2)17-29-18-24-25(30-20-11-5-3-6-12-20)22-15-9-10-16-23(22)26(24)31(27,28)21-13-7-4-8-14-21/h3-16,19H,17-18H2,1-2H3. The normalized spacial score (nSPS) is 12.0. The van der Waals surface area contributed by atoms with Crippen LogP contribution < -0.4 is 0 Å². The number of hydrogen-bond acceptors (Lipinski definition) is 4. The third-order valence-corrected chi connectivity index (χ3v) is 7.74. The summed E-state index contributed by atoms with van der Waals surface area (Å²) in [6.45, 7) is 4.93. The fourth-order valence-corrected chi connectivity index (χ4v) is 6.15. The first-order valence-electron chi connectivity index (χ1n) is 10.2. The molecule has 0 radical (unpaired) electrons. The highest BCUT2D eigenvalue weighted by Gasteiger charge is 2.27. The van der Waals surface area contributed by atoms with E-state index < -0.39 is 10.0 Å². The third-order valence-electron chi connectivity index (χ3n) is 4.81. The Morgan fingerprint density at radius 3 is 2.16 bits per heavy atom. The second kappa shape index (κ2) is 9.30. The predicted octanol–water partition coefficient (Wildman–Crippen LogP) is 6.20. The van der Waals surface area contributed by atoms with Gasteiger partial charge in [-0.05, 0) is 36.2 Å². The van der Waals surface area contributed by atoms with Gasteiger partial charge in [-0.25, -0.2) is 12.4 Å². The summed E-state index contributed by atoms with van der Waals surface area (Å²) in [5.41, 5.74) is 1.31. The fraction of sp³-hybridized carbons (Fsp3) is 0.200. The molecular weight excluding hydrogens is 426 g/mol. The van der Waals surface area contributed by atoms with Crippen LogP contribution >= 0.6 is 11.8 Å². The molecule has 31 heavy (non-hydrogen) atoms. The lowest BCUT2D eigenvalue weighted by Gasteiger charge is -2.14. The number of ether oxygens (including phenoxy) is 1. The molecule has 0 aliphatic rings. The minimum Gasteiger partial charge on any atom is -0.375 e. The molecule has 1 aromatic heterocycles. The Morgan fingerprint density at radius 2 is 1.48 bits per heavy atom. The lowest BCUT2D eigenvalue weighted by molar-refractivity contribution is 0.0932. The maximum atomic E-state index is 13.7. The molecule has 0 amide bonds. The van der Waals surface area contributed by atoms with Gasteiger partial charge in [0.2, 0.25) is 0 Å². The van der Waals surface area contributed by atoms with E-state index in [1.165, 1.54) is 3.97 Å². The Morgan fingerprint density at radius 1 is 0.871 bits per heavy atom. The van der Waals surface area contributed by atoms with Gasteiger partial charge < -0.3 is 4.74 Å². The molecular formula is C25H25NO3S2. The molecule has 4 aromatic rings. The lowest BCUT2D eigenvalue weighted by atomic mass is 10.2. The summed E-state index contributed by atoms with van der Waals surface area (Å²) < 4.78 is 34.9. The van der Waals surface area contributed by atoms with Gasteiger partial charge in [0.25, 0.3) is 10.0 Å². The predicted molar refractivity (Wildman–Crippen MR) is 126 cm³/mol. The minimum absolute atomic E-state index is 0.216. The molecule has 0 N–H and O–H groups in total. The van der Waals surface area contributed by atoms with E-state index in [0.717, 1.165) is 15.2 Å². The van der Waals surface area contributed by atoms with Crippen molar-refractivity contribution in [3.63, 3.8) is 0 Å². The summed E-state index contributed by atoms with van der Waals surface area (Å²) >= 11 is 1.57. The minimum atomic E-state index is -3.80. The summed E-state index contributed by atoms with van der Waals surface area (Å²) in [5, 5.41) is 0.902. The number of rotatable bonds is 8. The second-order valence-corrected chi connectivity index (χ2v) is 10.6. The van der Waals surface area contributed by atoms with E-state index in [1.807, 2.05) is 60.7 Å². The van der Waals surface area contributed by atoms with Crippen LogP contribution in [0.15, 0.2) is 99.6 Å². The molecule has 4 rings (SSSR count). The molecule has 6 heteroatoms. The van der Waals surface area contributed by atoms with Crippen molar-refractivity contribution in [1.29, 1.82) is 0 Å². The van der Waals surface area contributed by atoms with Gasteiger partial charge in [-0.2, -0.15) is 0 Å². The van der Waals surface area contributed by atoms with Crippen molar-refractivity contribution in [1.82, 2.24) is 3.97 Å². The molecule has 0 saturated heterocycles. The molecule has 0 aliphatic carbocycles. The molecule has 0 atom stereocenters. The van der Waals surface area contributed by atoms with E-state index in [1.54, 1.807) is 36.0 Å². The number of aromatic nitrogens is 1. The van der Waals surface area contributed by atoms with Gasteiger partial charge in [-0.1, -0.05) is 80.2 Å². The largest absolute Gasteiger partial charge is 0.375 e. The molecule has 3 aromatic carbocycles. The summed E-state index contributed by atoms with van der Waals surface area (Å²) in [7, 11) is -3.80. The Kier molecular flexibility index (Phi) is 6.51. The van der Waals surface area contributed by atoms with Gasteiger partial charge >= 0.3 is 0 Å². The van der Waals surface area contributed by atoms with E-state index in [0.29, 0.717) is 23.7 Å². The lowest BCUT2D eigenvalue weighted by Crippen LogP contribution is -2.17. The van der Waals surface area contributed by atoms with Crippen molar-refractivity contribution in [2.24, 2.45) is 5.92 Å². The van der Waals surface area contributed by atoms with E-state index >= 15 is 0 Å². The highest BCUT2D eigenvalue weighted by atomic mass is 32.2. The summed E-state index contributed by atoms with van der Waals surface area (Å²) in [4.78, 5) is 2.22. The van der Waals surface area contributed by atoms with E-state index in [9.17, 15) is 8.42 Å². The SMILES string of the molecule is CC(C)COCc1c(Sc2ccccc2)c2ccccc2n1S(=O)(=O)c1ccccc1. The number of fused-ring (bicyclic) bond motifs is 1. The molecule has 0 aliphatic heterocycles.